The summed E-state index contributed by atoms with van der Waals surface area (Å²) in [7, 11) is 0. The lowest BCUT2D eigenvalue weighted by Gasteiger charge is -2.48. The zero-order valence-corrected chi connectivity index (χ0v) is 11.7. The summed E-state index contributed by atoms with van der Waals surface area (Å²) in [6.07, 6.45) is 2.20. The SMILES string of the molecule is OCC(CO)(CC1CO1)C(CO)(CC1CO1)CC1CO1. The molecule has 0 bridgehead atoms. The predicted molar refractivity (Wildman–Crippen MR) is 69.2 cm³/mol. The van der Waals surface area contributed by atoms with Crippen LogP contribution in [0.2, 0.25) is 0 Å². The number of epoxide rings is 3. The molecule has 3 rings (SSSR count). The molecule has 0 aliphatic carbocycles. The van der Waals surface area contributed by atoms with Gasteiger partial charge in [-0.15, -0.1) is 0 Å². The molecule has 6 heteroatoms. The van der Waals surface area contributed by atoms with Gasteiger partial charge in [-0.2, -0.15) is 0 Å². The van der Waals surface area contributed by atoms with E-state index < -0.39 is 10.8 Å². The third-order valence-corrected chi connectivity index (χ3v) is 5.10. The van der Waals surface area contributed by atoms with Gasteiger partial charge in [0, 0.05) is 17.4 Å². The molecular formula is C14H24O6. The summed E-state index contributed by atoms with van der Waals surface area (Å²) in [5.41, 5.74) is -1.33. The van der Waals surface area contributed by atoms with Gasteiger partial charge in [0.05, 0.1) is 51.3 Å². The van der Waals surface area contributed by atoms with Crippen LogP contribution in [0.25, 0.3) is 0 Å². The molecule has 20 heavy (non-hydrogen) atoms. The molecule has 3 fully saturated rings. The number of ether oxygens (including phenoxy) is 3. The van der Waals surface area contributed by atoms with Crippen molar-refractivity contribution < 1.29 is 29.5 Å². The zero-order chi connectivity index (χ0) is 14.2. The van der Waals surface area contributed by atoms with Crippen LogP contribution in [0.15, 0.2) is 0 Å². The molecule has 0 saturated carbocycles. The van der Waals surface area contributed by atoms with Gasteiger partial charge < -0.3 is 29.5 Å². The minimum atomic E-state index is -0.749. The molecule has 3 heterocycles. The van der Waals surface area contributed by atoms with Gasteiger partial charge in [0.15, 0.2) is 0 Å². The molecule has 3 atom stereocenters. The number of rotatable bonds is 10. The lowest BCUT2D eigenvalue weighted by Crippen LogP contribution is -2.52. The van der Waals surface area contributed by atoms with E-state index in [0.29, 0.717) is 39.1 Å². The number of aliphatic hydroxyl groups is 3. The number of aliphatic hydroxyl groups excluding tert-OH is 3. The van der Waals surface area contributed by atoms with E-state index in [9.17, 15) is 15.3 Å². The van der Waals surface area contributed by atoms with Gasteiger partial charge in [0.2, 0.25) is 0 Å². The molecule has 3 saturated heterocycles. The van der Waals surface area contributed by atoms with Crippen molar-refractivity contribution >= 4 is 0 Å². The summed E-state index contributed by atoms with van der Waals surface area (Å²) >= 11 is 0. The van der Waals surface area contributed by atoms with E-state index in [1.54, 1.807) is 0 Å². The predicted octanol–water partition coefficient (Wildman–Crippen LogP) is -0.697. The van der Waals surface area contributed by atoms with Gasteiger partial charge in [0.1, 0.15) is 0 Å². The van der Waals surface area contributed by atoms with Crippen molar-refractivity contribution in [2.45, 2.75) is 37.6 Å². The number of hydrogen-bond acceptors (Lipinski definition) is 6. The lowest BCUT2D eigenvalue weighted by atomic mass is 9.58. The molecule has 0 radical (unpaired) electrons. The normalized spacial score (nSPS) is 34.6. The van der Waals surface area contributed by atoms with Crippen molar-refractivity contribution in [3.63, 3.8) is 0 Å². The Hall–Kier alpha value is -0.240. The maximum Gasteiger partial charge on any atom is 0.0817 e. The highest BCUT2D eigenvalue weighted by Gasteiger charge is 2.56. The first kappa shape index (κ1) is 14.7. The van der Waals surface area contributed by atoms with E-state index in [-0.39, 0.29) is 38.1 Å². The number of hydrogen-bond donors (Lipinski definition) is 3. The molecule has 0 amide bonds. The molecule has 3 aliphatic rings. The van der Waals surface area contributed by atoms with Gasteiger partial charge in [-0.05, 0) is 19.3 Å². The minimum absolute atomic E-state index is 0.0828. The third-order valence-electron chi connectivity index (χ3n) is 5.10. The van der Waals surface area contributed by atoms with Crippen molar-refractivity contribution in [2.24, 2.45) is 10.8 Å². The van der Waals surface area contributed by atoms with Crippen LogP contribution in [0, 0.1) is 10.8 Å². The summed E-state index contributed by atoms with van der Waals surface area (Å²) < 4.78 is 15.9. The second-order valence-electron chi connectivity index (χ2n) is 6.51. The fraction of sp³-hybridized carbons (Fsp3) is 1.00. The summed E-state index contributed by atoms with van der Waals surface area (Å²) in [6, 6.07) is 0. The van der Waals surface area contributed by atoms with Crippen LogP contribution < -0.4 is 0 Å². The second kappa shape index (κ2) is 5.51. The first-order chi connectivity index (χ1) is 9.67. The van der Waals surface area contributed by atoms with Gasteiger partial charge in [-0.25, -0.2) is 0 Å². The first-order valence-corrected chi connectivity index (χ1v) is 7.34. The Morgan fingerprint density at radius 1 is 0.650 bits per heavy atom. The lowest BCUT2D eigenvalue weighted by molar-refractivity contribution is -0.111. The van der Waals surface area contributed by atoms with Gasteiger partial charge in [-0.3, -0.25) is 0 Å². The van der Waals surface area contributed by atoms with Gasteiger partial charge in [0.25, 0.3) is 0 Å². The summed E-state index contributed by atoms with van der Waals surface area (Å²) in [5, 5.41) is 30.0. The van der Waals surface area contributed by atoms with Crippen molar-refractivity contribution in [1.82, 2.24) is 0 Å². The quantitative estimate of drug-likeness (QED) is 0.460. The molecule has 0 aromatic heterocycles. The maximum absolute atomic E-state index is 10.1. The second-order valence-corrected chi connectivity index (χ2v) is 6.51. The van der Waals surface area contributed by atoms with E-state index in [4.69, 9.17) is 14.2 Å². The van der Waals surface area contributed by atoms with Crippen LogP contribution in [0.3, 0.4) is 0 Å². The van der Waals surface area contributed by atoms with E-state index in [1.165, 1.54) is 0 Å². The topological polar surface area (TPSA) is 98.3 Å². The molecular weight excluding hydrogens is 264 g/mol. The van der Waals surface area contributed by atoms with Crippen molar-refractivity contribution in [3.8, 4) is 0 Å². The molecule has 116 valence electrons. The standard InChI is InChI=1S/C14H24O6/c15-7-13(1-10-4-18-10,2-11-5-19-11)14(8-16,9-17)3-12-6-20-12/h10-12,15-17H,1-9H2. The average molecular weight is 288 g/mol. The Morgan fingerprint density at radius 2 is 0.950 bits per heavy atom. The van der Waals surface area contributed by atoms with Crippen molar-refractivity contribution in [1.29, 1.82) is 0 Å². The highest BCUT2D eigenvalue weighted by atomic mass is 16.6. The largest absolute Gasteiger partial charge is 0.396 e. The summed E-state index contributed by atoms with van der Waals surface area (Å²) in [5.74, 6) is 0. The highest BCUT2D eigenvalue weighted by Crippen LogP contribution is 2.53. The Morgan fingerprint density at radius 3 is 1.20 bits per heavy atom. The zero-order valence-electron chi connectivity index (χ0n) is 11.7. The fourth-order valence-electron chi connectivity index (χ4n) is 3.41. The van der Waals surface area contributed by atoms with Crippen LogP contribution >= 0.6 is 0 Å². The van der Waals surface area contributed by atoms with Crippen LogP contribution in [0.1, 0.15) is 19.3 Å². The molecule has 0 aromatic carbocycles. The van der Waals surface area contributed by atoms with Gasteiger partial charge >= 0.3 is 0 Å². The highest BCUT2D eigenvalue weighted by molar-refractivity contribution is 5.04. The fourth-order valence-corrected chi connectivity index (χ4v) is 3.41. The average Bonchev–Trinajstić information content (AvgIpc) is 3.27. The smallest absolute Gasteiger partial charge is 0.0817 e. The van der Waals surface area contributed by atoms with Crippen molar-refractivity contribution in [3.05, 3.63) is 0 Å². The molecule has 0 spiro atoms. The Kier molecular flexibility index (Phi) is 4.05. The third kappa shape index (κ3) is 2.86. The van der Waals surface area contributed by atoms with E-state index in [0.717, 1.165) is 0 Å². The molecule has 0 aromatic rings. The summed E-state index contributed by atoms with van der Waals surface area (Å²) in [6.45, 7) is 1.65. The molecule has 3 unspecified atom stereocenters. The molecule has 3 aliphatic heterocycles. The summed E-state index contributed by atoms with van der Waals surface area (Å²) in [4.78, 5) is 0. The van der Waals surface area contributed by atoms with Crippen LogP contribution in [-0.2, 0) is 14.2 Å². The first-order valence-electron chi connectivity index (χ1n) is 7.34. The van der Waals surface area contributed by atoms with Crippen LogP contribution in [0.4, 0.5) is 0 Å². The minimum Gasteiger partial charge on any atom is -0.396 e. The molecule has 3 N–H and O–H groups in total. The van der Waals surface area contributed by atoms with E-state index in [2.05, 4.69) is 0 Å². The van der Waals surface area contributed by atoms with Crippen LogP contribution in [-0.4, -0.2) is 73.3 Å². The molecule has 6 nitrogen and oxygen atoms in total. The van der Waals surface area contributed by atoms with E-state index in [1.807, 2.05) is 0 Å². The Balaban J connectivity index is 1.84. The van der Waals surface area contributed by atoms with Crippen molar-refractivity contribution in [2.75, 3.05) is 39.6 Å². The Labute approximate surface area is 118 Å². The monoisotopic (exact) mass is 288 g/mol. The Bertz CT molecular complexity index is 317. The van der Waals surface area contributed by atoms with E-state index >= 15 is 0 Å². The maximum atomic E-state index is 10.1. The van der Waals surface area contributed by atoms with Gasteiger partial charge in [-0.1, -0.05) is 0 Å². The van der Waals surface area contributed by atoms with Crippen LogP contribution in [0.5, 0.6) is 0 Å².